The Hall–Kier alpha value is -1.82. The Bertz CT molecular complexity index is 678. The number of nitrogens with one attached hydrogen (secondary N) is 1. The SMILES string of the molecule is Cc1ccoc1C(=O)NCC(c1ccc(Cl)cc1)N1CCOCC1. The van der Waals surface area contributed by atoms with Gasteiger partial charge < -0.3 is 14.5 Å². The number of furan rings is 1. The van der Waals surface area contributed by atoms with Crippen LogP contribution in [-0.2, 0) is 4.74 Å². The summed E-state index contributed by atoms with van der Waals surface area (Å²) in [6, 6.07) is 9.63. The van der Waals surface area contributed by atoms with E-state index in [2.05, 4.69) is 10.2 Å². The topological polar surface area (TPSA) is 54.7 Å². The molecule has 0 radical (unpaired) electrons. The van der Waals surface area contributed by atoms with Crippen LogP contribution in [0.2, 0.25) is 5.02 Å². The second-order valence-electron chi connectivity index (χ2n) is 5.86. The normalized spacial score (nSPS) is 16.8. The molecule has 1 saturated heterocycles. The Kier molecular flexibility index (Phi) is 5.56. The highest BCUT2D eigenvalue weighted by Crippen LogP contribution is 2.23. The van der Waals surface area contributed by atoms with Crippen LogP contribution in [0, 0.1) is 6.92 Å². The molecule has 1 atom stereocenters. The van der Waals surface area contributed by atoms with Gasteiger partial charge in [0.1, 0.15) is 0 Å². The molecule has 2 heterocycles. The molecule has 1 N–H and O–H groups in total. The van der Waals surface area contributed by atoms with Crippen molar-refractivity contribution in [2.75, 3.05) is 32.8 Å². The molecule has 0 bridgehead atoms. The summed E-state index contributed by atoms with van der Waals surface area (Å²) in [6.45, 7) is 5.44. The second-order valence-corrected chi connectivity index (χ2v) is 6.29. The van der Waals surface area contributed by atoms with Gasteiger partial charge in [-0.2, -0.15) is 0 Å². The van der Waals surface area contributed by atoms with Crippen LogP contribution in [0.5, 0.6) is 0 Å². The van der Waals surface area contributed by atoms with E-state index in [1.54, 1.807) is 6.07 Å². The minimum atomic E-state index is -0.190. The van der Waals surface area contributed by atoms with Crippen LogP contribution in [0.15, 0.2) is 41.0 Å². The van der Waals surface area contributed by atoms with Crippen molar-refractivity contribution in [1.82, 2.24) is 10.2 Å². The fraction of sp³-hybridized carbons (Fsp3) is 0.389. The molecule has 5 nitrogen and oxygen atoms in total. The van der Waals surface area contributed by atoms with Crippen LogP contribution in [0.3, 0.4) is 0 Å². The average molecular weight is 349 g/mol. The number of benzene rings is 1. The van der Waals surface area contributed by atoms with Crippen LogP contribution < -0.4 is 5.32 Å². The number of nitrogens with zero attached hydrogens (tertiary/aromatic N) is 1. The van der Waals surface area contributed by atoms with Crippen LogP contribution in [-0.4, -0.2) is 43.7 Å². The molecule has 1 aliphatic heterocycles. The maximum atomic E-state index is 12.3. The van der Waals surface area contributed by atoms with Gasteiger partial charge in [-0.1, -0.05) is 23.7 Å². The van der Waals surface area contributed by atoms with E-state index in [0.29, 0.717) is 30.5 Å². The number of rotatable bonds is 5. The standard InChI is InChI=1S/C18H21ClN2O3/c1-13-6-9-24-17(13)18(22)20-12-16(21-7-10-23-11-8-21)14-2-4-15(19)5-3-14/h2-6,9,16H,7-8,10-12H2,1H3,(H,20,22). The monoisotopic (exact) mass is 348 g/mol. The molecule has 3 rings (SSSR count). The average Bonchev–Trinajstić information content (AvgIpc) is 3.03. The quantitative estimate of drug-likeness (QED) is 0.902. The zero-order valence-electron chi connectivity index (χ0n) is 13.6. The van der Waals surface area contributed by atoms with Crippen LogP contribution in [0.4, 0.5) is 0 Å². The summed E-state index contributed by atoms with van der Waals surface area (Å²) in [4.78, 5) is 14.7. The van der Waals surface area contributed by atoms with E-state index in [9.17, 15) is 4.79 Å². The molecule has 1 aromatic carbocycles. The molecule has 1 aromatic heterocycles. The largest absolute Gasteiger partial charge is 0.459 e. The number of morpholine rings is 1. The predicted octanol–water partition coefficient (Wildman–Crippen LogP) is 3.04. The van der Waals surface area contributed by atoms with Crippen LogP contribution in [0.25, 0.3) is 0 Å². The lowest BCUT2D eigenvalue weighted by molar-refractivity contribution is 0.0161. The predicted molar refractivity (Wildman–Crippen MR) is 92.4 cm³/mol. The van der Waals surface area contributed by atoms with Gasteiger partial charge in [-0.25, -0.2) is 0 Å². The lowest BCUT2D eigenvalue weighted by Gasteiger charge is -2.34. The van der Waals surface area contributed by atoms with Crippen molar-refractivity contribution in [2.45, 2.75) is 13.0 Å². The highest BCUT2D eigenvalue weighted by atomic mass is 35.5. The molecule has 1 unspecified atom stereocenters. The summed E-state index contributed by atoms with van der Waals surface area (Å²) < 4.78 is 10.7. The molecular weight excluding hydrogens is 328 g/mol. The number of amides is 1. The minimum absolute atomic E-state index is 0.0744. The lowest BCUT2D eigenvalue weighted by Crippen LogP contribution is -2.43. The Labute approximate surface area is 146 Å². The maximum absolute atomic E-state index is 12.3. The zero-order chi connectivity index (χ0) is 16.9. The molecule has 24 heavy (non-hydrogen) atoms. The van der Waals surface area contributed by atoms with Crippen LogP contribution >= 0.6 is 11.6 Å². The van der Waals surface area contributed by atoms with Gasteiger partial charge in [0.15, 0.2) is 5.76 Å². The first kappa shape index (κ1) is 17.0. The number of aryl methyl sites for hydroxylation is 1. The summed E-state index contributed by atoms with van der Waals surface area (Å²) in [5.74, 6) is 0.177. The van der Waals surface area contributed by atoms with E-state index < -0.39 is 0 Å². The number of ether oxygens (including phenoxy) is 1. The molecule has 2 aromatic rings. The minimum Gasteiger partial charge on any atom is -0.459 e. The Morgan fingerprint density at radius 3 is 2.58 bits per heavy atom. The molecule has 128 valence electrons. The Balaban J connectivity index is 1.73. The fourth-order valence-corrected chi connectivity index (χ4v) is 3.03. The van der Waals surface area contributed by atoms with Gasteiger partial charge in [0.05, 0.1) is 25.5 Å². The third-order valence-electron chi connectivity index (χ3n) is 4.27. The maximum Gasteiger partial charge on any atom is 0.287 e. The molecule has 1 aliphatic rings. The zero-order valence-corrected chi connectivity index (χ0v) is 14.4. The van der Waals surface area contributed by atoms with Crippen molar-refractivity contribution in [3.05, 3.63) is 58.5 Å². The summed E-state index contributed by atoms with van der Waals surface area (Å²) in [5, 5.41) is 3.69. The highest BCUT2D eigenvalue weighted by Gasteiger charge is 2.24. The number of carbonyl (C=O) groups excluding carboxylic acids is 1. The molecule has 0 aliphatic carbocycles. The van der Waals surface area contributed by atoms with Gasteiger partial charge in [-0.3, -0.25) is 9.69 Å². The van der Waals surface area contributed by atoms with E-state index in [-0.39, 0.29) is 11.9 Å². The van der Waals surface area contributed by atoms with Gasteiger partial charge in [-0.05, 0) is 30.7 Å². The first-order valence-electron chi connectivity index (χ1n) is 8.04. The Morgan fingerprint density at radius 2 is 1.96 bits per heavy atom. The second kappa shape index (κ2) is 7.83. The molecule has 0 saturated carbocycles. The van der Waals surface area contributed by atoms with Crippen molar-refractivity contribution in [3.8, 4) is 0 Å². The summed E-state index contributed by atoms with van der Waals surface area (Å²) >= 11 is 6.00. The third-order valence-corrected chi connectivity index (χ3v) is 4.52. The first-order valence-corrected chi connectivity index (χ1v) is 8.42. The molecule has 6 heteroatoms. The first-order chi connectivity index (χ1) is 11.6. The van der Waals surface area contributed by atoms with Gasteiger partial charge >= 0.3 is 0 Å². The number of halogens is 1. The van der Waals surface area contributed by atoms with Crippen molar-refractivity contribution >= 4 is 17.5 Å². The van der Waals surface area contributed by atoms with Crippen molar-refractivity contribution in [2.24, 2.45) is 0 Å². The molecule has 1 fully saturated rings. The Morgan fingerprint density at radius 1 is 1.25 bits per heavy atom. The molecule has 0 spiro atoms. The summed E-state index contributed by atoms with van der Waals surface area (Å²) in [6.07, 6.45) is 1.53. The van der Waals surface area contributed by atoms with Gasteiger partial charge in [0.25, 0.3) is 5.91 Å². The van der Waals surface area contributed by atoms with E-state index in [1.807, 2.05) is 31.2 Å². The fourth-order valence-electron chi connectivity index (χ4n) is 2.91. The summed E-state index contributed by atoms with van der Waals surface area (Å²) in [7, 11) is 0. The smallest absolute Gasteiger partial charge is 0.287 e. The summed E-state index contributed by atoms with van der Waals surface area (Å²) in [5.41, 5.74) is 1.96. The van der Waals surface area contributed by atoms with Crippen molar-refractivity contribution < 1.29 is 13.9 Å². The van der Waals surface area contributed by atoms with Crippen molar-refractivity contribution in [3.63, 3.8) is 0 Å². The van der Waals surface area contributed by atoms with Gasteiger partial charge in [-0.15, -0.1) is 0 Å². The number of hydrogen-bond acceptors (Lipinski definition) is 4. The third kappa shape index (κ3) is 3.98. The van der Waals surface area contributed by atoms with Gasteiger partial charge in [0.2, 0.25) is 0 Å². The molecule has 1 amide bonds. The van der Waals surface area contributed by atoms with E-state index in [0.717, 1.165) is 24.2 Å². The van der Waals surface area contributed by atoms with E-state index >= 15 is 0 Å². The van der Waals surface area contributed by atoms with Gasteiger partial charge in [0, 0.05) is 30.2 Å². The van der Waals surface area contributed by atoms with Crippen molar-refractivity contribution in [1.29, 1.82) is 0 Å². The van der Waals surface area contributed by atoms with E-state index in [4.69, 9.17) is 20.8 Å². The van der Waals surface area contributed by atoms with E-state index in [1.165, 1.54) is 6.26 Å². The molecular formula is C18H21ClN2O3. The number of hydrogen-bond donors (Lipinski definition) is 1. The number of carbonyl (C=O) groups is 1. The van der Waals surface area contributed by atoms with Crippen LogP contribution in [0.1, 0.15) is 27.7 Å². The highest BCUT2D eigenvalue weighted by molar-refractivity contribution is 6.30. The lowest BCUT2D eigenvalue weighted by atomic mass is 10.0.